The molecule has 0 unspecified atom stereocenters. The highest BCUT2D eigenvalue weighted by atomic mass is 16.3. The Bertz CT molecular complexity index is 712. The van der Waals surface area contributed by atoms with Crippen LogP contribution in [-0.4, -0.2) is 22.4 Å². The van der Waals surface area contributed by atoms with Crippen molar-refractivity contribution in [3.8, 4) is 0 Å². The molecule has 0 saturated heterocycles. The highest BCUT2D eigenvalue weighted by molar-refractivity contribution is 4.91. The fourth-order valence-electron chi connectivity index (χ4n) is 9.36. The van der Waals surface area contributed by atoms with Crippen LogP contribution in [0, 0.1) is 58.2 Å². The average molecular weight is 591 g/mol. The van der Waals surface area contributed by atoms with Gasteiger partial charge in [0.25, 0.3) is 0 Å². The summed E-state index contributed by atoms with van der Waals surface area (Å²) < 4.78 is 0. The molecule has 0 spiro atoms. The molecule has 2 N–H and O–H groups in total. The van der Waals surface area contributed by atoms with Gasteiger partial charge in [0.15, 0.2) is 0 Å². The Kier molecular flexibility index (Phi) is 16.5. The van der Waals surface area contributed by atoms with Gasteiger partial charge in [-0.05, 0) is 96.7 Å². The van der Waals surface area contributed by atoms with Gasteiger partial charge in [0, 0.05) is 0 Å². The lowest BCUT2D eigenvalue weighted by molar-refractivity contribution is -0.0207. The standard InChI is InChI=1S/C40H78O2/c1-29(17-13-19-31(3)21-23-35-25-34(6)38(42)28-39(35,7)8)15-11-12-16-30(2)18-14-20-32(4)22-24-37-33(5)26-36(41)27-40(37,9)10/h29-38,41-42H,11-28H2,1-10H3/t29-,30-,31+,32+,33+,34-,35+,36-,37+,38+/m0/s1. The molecule has 0 radical (unpaired) electrons. The van der Waals surface area contributed by atoms with E-state index in [-0.39, 0.29) is 12.2 Å². The monoisotopic (exact) mass is 591 g/mol. The maximum atomic E-state index is 10.3. The van der Waals surface area contributed by atoms with Crippen molar-refractivity contribution in [2.45, 2.75) is 197 Å². The number of aliphatic hydroxyl groups excluding tert-OH is 2. The molecule has 0 amide bonds. The highest BCUT2D eigenvalue weighted by Crippen LogP contribution is 2.47. The second kappa shape index (κ2) is 18.2. The quantitative estimate of drug-likeness (QED) is 0.147. The minimum Gasteiger partial charge on any atom is -0.393 e. The fourth-order valence-corrected chi connectivity index (χ4v) is 9.36. The molecule has 0 aromatic carbocycles. The van der Waals surface area contributed by atoms with E-state index in [4.69, 9.17) is 0 Å². The topological polar surface area (TPSA) is 40.5 Å². The zero-order valence-electron chi connectivity index (χ0n) is 30.4. The molecule has 2 rings (SSSR count). The smallest absolute Gasteiger partial charge is 0.0571 e. The van der Waals surface area contributed by atoms with Crippen molar-refractivity contribution in [1.29, 1.82) is 0 Å². The van der Waals surface area contributed by atoms with Crippen molar-refractivity contribution in [2.24, 2.45) is 58.2 Å². The van der Waals surface area contributed by atoms with Crippen molar-refractivity contribution in [2.75, 3.05) is 0 Å². The molecule has 2 fully saturated rings. The van der Waals surface area contributed by atoms with Gasteiger partial charge < -0.3 is 10.2 Å². The molecular weight excluding hydrogens is 512 g/mol. The summed E-state index contributed by atoms with van der Waals surface area (Å²) >= 11 is 0. The van der Waals surface area contributed by atoms with Crippen LogP contribution in [0.4, 0.5) is 0 Å². The van der Waals surface area contributed by atoms with E-state index >= 15 is 0 Å². The SMILES string of the molecule is C[C@@H](CCCC[C@H](C)CCC[C@@H](C)CC[C@@H]1[C@H](C)C[C@H](O)CC1(C)C)CCC[C@@H](C)CC[C@@H]1C[C@H](C)[C@H](O)CC1(C)C. The first-order chi connectivity index (χ1) is 19.6. The number of hydrogen-bond donors (Lipinski definition) is 2. The maximum Gasteiger partial charge on any atom is 0.0571 e. The van der Waals surface area contributed by atoms with Gasteiger partial charge >= 0.3 is 0 Å². The Morgan fingerprint density at radius 1 is 0.548 bits per heavy atom. The van der Waals surface area contributed by atoms with E-state index < -0.39 is 0 Å². The third kappa shape index (κ3) is 13.5. The third-order valence-electron chi connectivity index (χ3n) is 12.7. The maximum absolute atomic E-state index is 10.3. The summed E-state index contributed by atoms with van der Waals surface area (Å²) in [7, 11) is 0. The molecule has 0 bridgehead atoms. The molecular formula is C40H78O2. The van der Waals surface area contributed by atoms with Gasteiger partial charge in [-0.1, -0.05) is 146 Å². The fraction of sp³-hybridized carbons (Fsp3) is 1.00. The van der Waals surface area contributed by atoms with Crippen LogP contribution < -0.4 is 0 Å². The van der Waals surface area contributed by atoms with Gasteiger partial charge in [-0.3, -0.25) is 0 Å². The van der Waals surface area contributed by atoms with E-state index in [2.05, 4.69) is 69.2 Å². The van der Waals surface area contributed by atoms with Gasteiger partial charge in [0.1, 0.15) is 0 Å². The summed E-state index contributed by atoms with van der Waals surface area (Å²) in [5.74, 6) is 6.13. The molecule has 0 aromatic rings. The first-order valence-electron chi connectivity index (χ1n) is 19.0. The second-order valence-corrected chi connectivity index (χ2v) is 18.1. The molecule has 2 aliphatic rings. The molecule has 0 heterocycles. The first kappa shape index (κ1) is 38.1. The lowest BCUT2D eigenvalue weighted by atomic mass is 9.61. The normalized spacial score (nSPS) is 32.3. The molecule has 0 aromatic heterocycles. The number of unbranched alkanes of at least 4 members (excludes halogenated alkanes) is 1. The van der Waals surface area contributed by atoms with E-state index in [9.17, 15) is 10.2 Å². The van der Waals surface area contributed by atoms with Gasteiger partial charge in [0.05, 0.1) is 12.2 Å². The van der Waals surface area contributed by atoms with Crippen LogP contribution in [-0.2, 0) is 0 Å². The van der Waals surface area contributed by atoms with Gasteiger partial charge in [-0.2, -0.15) is 0 Å². The molecule has 2 nitrogen and oxygen atoms in total. The first-order valence-corrected chi connectivity index (χ1v) is 19.0. The van der Waals surface area contributed by atoms with Crippen molar-refractivity contribution in [3.05, 3.63) is 0 Å². The molecule has 0 aliphatic heterocycles. The number of aliphatic hydroxyl groups is 2. The zero-order valence-corrected chi connectivity index (χ0v) is 30.4. The van der Waals surface area contributed by atoms with Crippen LogP contribution in [0.25, 0.3) is 0 Å². The highest BCUT2D eigenvalue weighted by Gasteiger charge is 2.40. The van der Waals surface area contributed by atoms with Crippen LogP contribution in [0.1, 0.15) is 185 Å². The van der Waals surface area contributed by atoms with Crippen LogP contribution in [0.3, 0.4) is 0 Å². The van der Waals surface area contributed by atoms with Crippen LogP contribution in [0.2, 0.25) is 0 Å². The van der Waals surface area contributed by atoms with Crippen LogP contribution >= 0.6 is 0 Å². The lowest BCUT2D eigenvalue weighted by Crippen LogP contribution is -2.40. The second-order valence-electron chi connectivity index (χ2n) is 18.1. The minimum absolute atomic E-state index is 0.0848. The van der Waals surface area contributed by atoms with E-state index in [0.29, 0.717) is 22.7 Å². The van der Waals surface area contributed by atoms with Crippen molar-refractivity contribution in [3.63, 3.8) is 0 Å². The van der Waals surface area contributed by atoms with Crippen LogP contribution in [0.5, 0.6) is 0 Å². The Balaban J connectivity index is 1.47. The average Bonchev–Trinajstić information content (AvgIpc) is 2.86. The summed E-state index contributed by atoms with van der Waals surface area (Å²) in [6, 6.07) is 0. The Morgan fingerprint density at radius 3 is 1.50 bits per heavy atom. The van der Waals surface area contributed by atoms with E-state index in [1.165, 1.54) is 96.3 Å². The number of rotatable bonds is 19. The molecule has 10 atom stereocenters. The van der Waals surface area contributed by atoms with Gasteiger partial charge in [-0.15, -0.1) is 0 Å². The molecule has 2 aliphatic carbocycles. The summed E-state index contributed by atoms with van der Waals surface area (Å²) in [6.07, 6.45) is 23.5. The third-order valence-corrected chi connectivity index (χ3v) is 12.7. The summed E-state index contributed by atoms with van der Waals surface area (Å²) in [5, 5.41) is 20.5. The van der Waals surface area contributed by atoms with E-state index in [1.807, 2.05) is 0 Å². The van der Waals surface area contributed by atoms with E-state index in [0.717, 1.165) is 54.8 Å². The number of hydrogen-bond acceptors (Lipinski definition) is 2. The van der Waals surface area contributed by atoms with Crippen molar-refractivity contribution < 1.29 is 10.2 Å². The molecule has 2 saturated carbocycles. The molecule has 2 heteroatoms. The zero-order chi connectivity index (χ0) is 31.5. The predicted molar refractivity (Wildman–Crippen MR) is 185 cm³/mol. The Labute approximate surface area is 265 Å². The summed E-state index contributed by atoms with van der Waals surface area (Å²) in [4.78, 5) is 0. The predicted octanol–water partition coefficient (Wildman–Crippen LogP) is 11.9. The van der Waals surface area contributed by atoms with Crippen LogP contribution in [0.15, 0.2) is 0 Å². The van der Waals surface area contributed by atoms with Crippen molar-refractivity contribution in [1.82, 2.24) is 0 Å². The lowest BCUT2D eigenvalue weighted by Gasteiger charge is -2.45. The minimum atomic E-state index is -0.0942. The van der Waals surface area contributed by atoms with Gasteiger partial charge in [0.2, 0.25) is 0 Å². The largest absolute Gasteiger partial charge is 0.393 e. The van der Waals surface area contributed by atoms with Crippen molar-refractivity contribution >= 4 is 0 Å². The Hall–Kier alpha value is -0.0800. The van der Waals surface area contributed by atoms with Gasteiger partial charge in [-0.25, -0.2) is 0 Å². The summed E-state index contributed by atoms with van der Waals surface area (Å²) in [5.41, 5.74) is 0.589. The molecule has 42 heavy (non-hydrogen) atoms. The Morgan fingerprint density at radius 2 is 1.00 bits per heavy atom. The molecule has 250 valence electrons. The summed E-state index contributed by atoms with van der Waals surface area (Å²) in [6.45, 7) is 24.1. The van der Waals surface area contributed by atoms with E-state index in [1.54, 1.807) is 0 Å².